The molecular weight excluding hydrogens is 176 g/mol. The third kappa shape index (κ3) is 3.87. The maximum absolute atomic E-state index is 4.35. The van der Waals surface area contributed by atoms with E-state index in [1.54, 1.807) is 0 Å². The first-order valence-corrected chi connectivity index (χ1v) is 5.36. The van der Waals surface area contributed by atoms with Crippen LogP contribution in [0.2, 0.25) is 0 Å². The molecule has 0 atom stereocenters. The van der Waals surface area contributed by atoms with Gasteiger partial charge < -0.3 is 5.32 Å². The van der Waals surface area contributed by atoms with Crippen molar-refractivity contribution in [1.82, 2.24) is 20.5 Å². The predicted molar refractivity (Wildman–Crippen MR) is 57.2 cm³/mol. The lowest BCUT2D eigenvalue weighted by molar-refractivity contribution is 0.566. The summed E-state index contributed by atoms with van der Waals surface area (Å²) < 4.78 is 0. The van der Waals surface area contributed by atoms with E-state index in [0.29, 0.717) is 6.04 Å². The summed E-state index contributed by atoms with van der Waals surface area (Å²) in [7, 11) is 0. The zero-order valence-electron chi connectivity index (χ0n) is 9.30. The second kappa shape index (κ2) is 5.75. The average molecular weight is 196 g/mol. The minimum Gasteiger partial charge on any atom is -0.315 e. The van der Waals surface area contributed by atoms with Crippen molar-refractivity contribution in [1.29, 1.82) is 0 Å². The summed E-state index contributed by atoms with van der Waals surface area (Å²) >= 11 is 0. The smallest absolute Gasteiger partial charge is 0.150 e. The largest absolute Gasteiger partial charge is 0.315 e. The van der Waals surface area contributed by atoms with Gasteiger partial charge in [-0.1, -0.05) is 20.8 Å². The molecule has 0 aliphatic rings. The van der Waals surface area contributed by atoms with Crippen molar-refractivity contribution < 1.29 is 0 Å². The molecule has 0 spiro atoms. The number of aromatic amines is 1. The predicted octanol–water partition coefficient (Wildman–Crippen LogP) is 1.30. The highest BCUT2D eigenvalue weighted by Gasteiger charge is 2.00. The molecule has 0 aromatic carbocycles. The monoisotopic (exact) mass is 196 g/mol. The molecule has 0 saturated heterocycles. The summed E-state index contributed by atoms with van der Waals surface area (Å²) in [4.78, 5) is 4.35. The molecule has 1 heterocycles. The van der Waals surface area contributed by atoms with Crippen LogP contribution >= 0.6 is 0 Å². The lowest BCUT2D eigenvalue weighted by Crippen LogP contribution is -2.24. The van der Waals surface area contributed by atoms with Gasteiger partial charge in [-0.05, 0) is 13.0 Å². The number of rotatable bonds is 6. The SMILES string of the molecule is CCc1n[nH]c(CCCNC(C)C)n1. The molecule has 1 rings (SSSR count). The molecule has 1 aromatic heterocycles. The standard InChI is InChI=1S/C10H20N4/c1-4-9-12-10(14-13-9)6-5-7-11-8(2)3/h8,11H,4-7H2,1-3H3,(H,12,13,14). The zero-order chi connectivity index (χ0) is 10.4. The van der Waals surface area contributed by atoms with Crippen LogP contribution in [0, 0.1) is 0 Å². The molecule has 4 heteroatoms. The second-order valence-corrected chi connectivity index (χ2v) is 3.76. The van der Waals surface area contributed by atoms with Gasteiger partial charge in [0.15, 0.2) is 0 Å². The summed E-state index contributed by atoms with van der Waals surface area (Å²) in [6, 6.07) is 0.566. The summed E-state index contributed by atoms with van der Waals surface area (Å²) in [5, 5.41) is 10.4. The van der Waals surface area contributed by atoms with E-state index in [-0.39, 0.29) is 0 Å². The third-order valence-electron chi connectivity index (χ3n) is 2.04. The Kier molecular flexibility index (Phi) is 4.59. The molecular formula is C10H20N4. The highest BCUT2D eigenvalue weighted by molar-refractivity contribution is 4.89. The Morgan fingerprint density at radius 2 is 2.21 bits per heavy atom. The van der Waals surface area contributed by atoms with Crippen molar-refractivity contribution in [3.63, 3.8) is 0 Å². The maximum atomic E-state index is 4.35. The Morgan fingerprint density at radius 3 is 2.79 bits per heavy atom. The third-order valence-corrected chi connectivity index (χ3v) is 2.04. The summed E-state index contributed by atoms with van der Waals surface area (Å²) in [6.07, 6.45) is 2.99. The summed E-state index contributed by atoms with van der Waals surface area (Å²) in [5.74, 6) is 1.92. The Balaban J connectivity index is 2.18. The van der Waals surface area contributed by atoms with Crippen LogP contribution in [-0.4, -0.2) is 27.8 Å². The first-order chi connectivity index (χ1) is 6.72. The Bertz CT molecular complexity index is 254. The van der Waals surface area contributed by atoms with Crippen LogP contribution in [0.1, 0.15) is 38.8 Å². The van der Waals surface area contributed by atoms with E-state index >= 15 is 0 Å². The highest BCUT2D eigenvalue weighted by atomic mass is 15.2. The number of H-pyrrole nitrogens is 1. The molecule has 2 N–H and O–H groups in total. The van der Waals surface area contributed by atoms with Crippen molar-refractivity contribution >= 4 is 0 Å². The van der Waals surface area contributed by atoms with Gasteiger partial charge in [-0.15, -0.1) is 0 Å². The molecule has 1 aromatic rings. The quantitative estimate of drug-likeness (QED) is 0.674. The van der Waals surface area contributed by atoms with Crippen molar-refractivity contribution in [2.75, 3.05) is 6.54 Å². The van der Waals surface area contributed by atoms with Gasteiger partial charge in [0.2, 0.25) is 0 Å². The number of nitrogens with zero attached hydrogens (tertiary/aromatic N) is 2. The van der Waals surface area contributed by atoms with Crippen molar-refractivity contribution in [2.45, 2.75) is 46.1 Å². The van der Waals surface area contributed by atoms with Crippen LogP contribution in [0.5, 0.6) is 0 Å². The number of aromatic nitrogens is 3. The lowest BCUT2D eigenvalue weighted by atomic mass is 10.3. The number of nitrogens with one attached hydrogen (secondary N) is 2. The van der Waals surface area contributed by atoms with E-state index in [1.165, 1.54) is 0 Å². The number of hydrogen-bond acceptors (Lipinski definition) is 3. The Labute approximate surface area is 85.5 Å². The Hall–Kier alpha value is -0.900. The molecule has 4 nitrogen and oxygen atoms in total. The minimum absolute atomic E-state index is 0.566. The normalized spacial score (nSPS) is 11.1. The fourth-order valence-corrected chi connectivity index (χ4v) is 1.25. The van der Waals surface area contributed by atoms with E-state index in [9.17, 15) is 0 Å². The van der Waals surface area contributed by atoms with Gasteiger partial charge in [0.05, 0.1) is 0 Å². The second-order valence-electron chi connectivity index (χ2n) is 3.76. The van der Waals surface area contributed by atoms with Gasteiger partial charge in [-0.3, -0.25) is 5.10 Å². The van der Waals surface area contributed by atoms with Crippen LogP contribution in [0.15, 0.2) is 0 Å². The van der Waals surface area contributed by atoms with E-state index < -0.39 is 0 Å². The maximum Gasteiger partial charge on any atom is 0.150 e. The van der Waals surface area contributed by atoms with Crippen LogP contribution in [0.4, 0.5) is 0 Å². The topological polar surface area (TPSA) is 53.6 Å². The van der Waals surface area contributed by atoms with Crippen LogP contribution in [0.25, 0.3) is 0 Å². The van der Waals surface area contributed by atoms with Crippen molar-refractivity contribution in [2.24, 2.45) is 0 Å². The van der Waals surface area contributed by atoms with Gasteiger partial charge in [-0.25, -0.2) is 4.98 Å². The number of hydrogen-bond donors (Lipinski definition) is 2. The summed E-state index contributed by atoms with van der Waals surface area (Å²) in [5.41, 5.74) is 0. The molecule has 0 unspecified atom stereocenters. The van der Waals surface area contributed by atoms with E-state index in [4.69, 9.17) is 0 Å². The van der Waals surface area contributed by atoms with Gasteiger partial charge in [0.1, 0.15) is 11.6 Å². The van der Waals surface area contributed by atoms with Gasteiger partial charge in [0, 0.05) is 18.9 Å². The molecule has 14 heavy (non-hydrogen) atoms. The van der Waals surface area contributed by atoms with Crippen LogP contribution < -0.4 is 5.32 Å². The fourth-order valence-electron chi connectivity index (χ4n) is 1.25. The number of aryl methyl sites for hydroxylation is 2. The zero-order valence-corrected chi connectivity index (χ0v) is 9.30. The molecule has 0 aliphatic carbocycles. The first-order valence-electron chi connectivity index (χ1n) is 5.36. The average Bonchev–Trinajstić information content (AvgIpc) is 2.60. The fraction of sp³-hybridized carbons (Fsp3) is 0.800. The molecule has 0 bridgehead atoms. The molecule has 0 amide bonds. The van der Waals surface area contributed by atoms with Crippen LogP contribution in [-0.2, 0) is 12.8 Å². The highest BCUT2D eigenvalue weighted by Crippen LogP contribution is 1.97. The van der Waals surface area contributed by atoms with Crippen molar-refractivity contribution in [3.8, 4) is 0 Å². The van der Waals surface area contributed by atoms with Gasteiger partial charge in [0.25, 0.3) is 0 Å². The first kappa shape index (κ1) is 11.2. The van der Waals surface area contributed by atoms with E-state index in [1.807, 2.05) is 0 Å². The van der Waals surface area contributed by atoms with E-state index in [0.717, 1.165) is 37.5 Å². The summed E-state index contributed by atoms with van der Waals surface area (Å²) in [6.45, 7) is 7.42. The molecule has 0 radical (unpaired) electrons. The minimum atomic E-state index is 0.566. The van der Waals surface area contributed by atoms with Crippen LogP contribution in [0.3, 0.4) is 0 Å². The molecule has 80 valence electrons. The molecule has 0 aliphatic heterocycles. The van der Waals surface area contributed by atoms with Gasteiger partial charge in [-0.2, -0.15) is 5.10 Å². The van der Waals surface area contributed by atoms with E-state index in [2.05, 4.69) is 41.3 Å². The Morgan fingerprint density at radius 1 is 1.43 bits per heavy atom. The lowest BCUT2D eigenvalue weighted by Gasteiger charge is -2.05. The van der Waals surface area contributed by atoms with Gasteiger partial charge >= 0.3 is 0 Å². The molecule has 0 fully saturated rings. The molecule has 0 saturated carbocycles. The van der Waals surface area contributed by atoms with Crippen molar-refractivity contribution in [3.05, 3.63) is 11.6 Å².